The van der Waals surface area contributed by atoms with Gasteiger partial charge >= 0.3 is 6.09 Å². The van der Waals surface area contributed by atoms with E-state index < -0.39 is 5.60 Å². The van der Waals surface area contributed by atoms with Crippen LogP contribution in [-0.2, 0) is 4.74 Å². The predicted molar refractivity (Wildman–Crippen MR) is 133 cm³/mol. The molecule has 34 heavy (non-hydrogen) atoms. The van der Waals surface area contributed by atoms with E-state index in [2.05, 4.69) is 37.1 Å². The lowest BCUT2D eigenvalue weighted by molar-refractivity contribution is 0.0144. The maximum absolute atomic E-state index is 12.3. The van der Waals surface area contributed by atoms with Gasteiger partial charge in [0.2, 0.25) is 0 Å². The first-order valence-electron chi connectivity index (χ1n) is 11.7. The molecule has 1 fully saturated rings. The quantitative estimate of drug-likeness (QED) is 0.611. The highest BCUT2D eigenvalue weighted by Gasteiger charge is 2.26. The van der Waals surface area contributed by atoms with Crippen molar-refractivity contribution in [1.82, 2.24) is 29.7 Å². The van der Waals surface area contributed by atoms with Gasteiger partial charge in [-0.2, -0.15) is 0 Å². The average molecular weight is 464 g/mol. The largest absolute Gasteiger partial charge is 0.444 e. The fraction of sp³-hybridized carbons (Fsp3) is 0.480. The van der Waals surface area contributed by atoms with Gasteiger partial charge in [-0.1, -0.05) is 12.1 Å². The lowest BCUT2D eigenvalue weighted by Gasteiger charge is -2.36. The van der Waals surface area contributed by atoms with Crippen LogP contribution in [0.3, 0.4) is 0 Å². The molecule has 0 unspecified atom stereocenters. The standard InChI is InChI=1S/C25H33N7O2/c1-17-13-27-21(14-26-17)19-7-6-8-20-22(19)28-16-29-23(20)30-18(2)15-31-9-11-32(12-10-31)24(33)34-25(3,4)5/h6-8,13-14,16,18H,9-12,15H2,1-5H3,(H,28,29,30)/t18-/m0/s1. The Morgan fingerprint density at radius 3 is 2.53 bits per heavy atom. The Labute approximate surface area is 200 Å². The number of ether oxygens (including phenoxy) is 1. The predicted octanol–water partition coefficient (Wildman–Crippen LogP) is 3.75. The van der Waals surface area contributed by atoms with Crippen LogP contribution < -0.4 is 5.32 Å². The molecule has 1 N–H and O–H groups in total. The number of aryl methyl sites for hydroxylation is 1. The zero-order chi connectivity index (χ0) is 24.3. The van der Waals surface area contributed by atoms with Crippen LogP contribution in [0.2, 0.25) is 0 Å². The Hall–Kier alpha value is -3.33. The maximum Gasteiger partial charge on any atom is 0.410 e. The summed E-state index contributed by atoms with van der Waals surface area (Å²) < 4.78 is 5.49. The summed E-state index contributed by atoms with van der Waals surface area (Å²) in [7, 11) is 0. The van der Waals surface area contributed by atoms with Crippen molar-refractivity contribution in [2.75, 3.05) is 38.0 Å². The fourth-order valence-corrected chi connectivity index (χ4v) is 4.05. The summed E-state index contributed by atoms with van der Waals surface area (Å²) >= 11 is 0. The molecule has 1 aliphatic rings. The maximum atomic E-state index is 12.3. The summed E-state index contributed by atoms with van der Waals surface area (Å²) in [6, 6.07) is 6.18. The molecule has 1 amide bonds. The number of piperazine rings is 1. The normalized spacial score (nSPS) is 15.9. The first-order valence-corrected chi connectivity index (χ1v) is 11.7. The highest BCUT2D eigenvalue weighted by Crippen LogP contribution is 2.28. The molecule has 1 saturated heterocycles. The van der Waals surface area contributed by atoms with E-state index in [0.29, 0.717) is 13.1 Å². The number of aromatic nitrogens is 4. The van der Waals surface area contributed by atoms with E-state index in [-0.39, 0.29) is 12.1 Å². The number of hydrogen-bond donors (Lipinski definition) is 1. The van der Waals surface area contributed by atoms with Crippen LogP contribution in [0.15, 0.2) is 36.9 Å². The van der Waals surface area contributed by atoms with E-state index in [4.69, 9.17) is 4.74 Å². The zero-order valence-corrected chi connectivity index (χ0v) is 20.6. The van der Waals surface area contributed by atoms with Crippen molar-refractivity contribution in [1.29, 1.82) is 0 Å². The van der Waals surface area contributed by atoms with Crippen molar-refractivity contribution in [3.63, 3.8) is 0 Å². The van der Waals surface area contributed by atoms with Crippen LogP contribution in [-0.4, -0.2) is 80.2 Å². The Morgan fingerprint density at radius 1 is 1.09 bits per heavy atom. The number of nitrogens with zero attached hydrogens (tertiary/aromatic N) is 6. The van der Waals surface area contributed by atoms with E-state index in [1.54, 1.807) is 23.6 Å². The SMILES string of the molecule is Cc1cnc(-c2cccc3c(N[C@@H](C)CN4CCN(C(=O)OC(C)(C)C)CC4)ncnc23)cn1. The molecule has 180 valence electrons. The molecule has 2 aromatic heterocycles. The monoisotopic (exact) mass is 463 g/mol. The van der Waals surface area contributed by atoms with Gasteiger partial charge in [0.15, 0.2) is 0 Å². The van der Waals surface area contributed by atoms with Crippen molar-refractivity contribution < 1.29 is 9.53 Å². The third kappa shape index (κ3) is 5.77. The summed E-state index contributed by atoms with van der Waals surface area (Å²) in [6.07, 6.45) is 4.89. The second-order valence-corrected chi connectivity index (χ2v) is 9.78. The fourth-order valence-electron chi connectivity index (χ4n) is 4.05. The first-order chi connectivity index (χ1) is 16.2. The van der Waals surface area contributed by atoms with Crippen LogP contribution in [0, 0.1) is 6.92 Å². The molecule has 3 aromatic rings. The summed E-state index contributed by atoms with van der Waals surface area (Å²) in [5, 5.41) is 4.50. The highest BCUT2D eigenvalue weighted by molar-refractivity contribution is 5.98. The van der Waals surface area contributed by atoms with Crippen LogP contribution in [0.1, 0.15) is 33.4 Å². The van der Waals surface area contributed by atoms with Crippen LogP contribution >= 0.6 is 0 Å². The molecule has 1 aliphatic heterocycles. The number of hydrogen-bond acceptors (Lipinski definition) is 8. The minimum atomic E-state index is -0.473. The van der Waals surface area contributed by atoms with Crippen molar-refractivity contribution in [2.45, 2.75) is 46.3 Å². The van der Waals surface area contributed by atoms with E-state index in [0.717, 1.165) is 53.3 Å². The molecular weight excluding hydrogens is 430 g/mol. The van der Waals surface area contributed by atoms with Crippen molar-refractivity contribution in [2.24, 2.45) is 0 Å². The molecule has 3 heterocycles. The molecule has 0 saturated carbocycles. The molecule has 9 nitrogen and oxygen atoms in total. The molecule has 9 heteroatoms. The summed E-state index contributed by atoms with van der Waals surface area (Å²) in [5.74, 6) is 0.798. The lowest BCUT2D eigenvalue weighted by Crippen LogP contribution is -2.51. The van der Waals surface area contributed by atoms with Gasteiger partial charge in [0.05, 0.1) is 23.1 Å². The van der Waals surface area contributed by atoms with Gasteiger partial charge in [0.25, 0.3) is 0 Å². The summed E-state index contributed by atoms with van der Waals surface area (Å²) in [5.41, 5.74) is 2.97. The van der Waals surface area contributed by atoms with E-state index in [1.165, 1.54) is 0 Å². The topological polar surface area (TPSA) is 96.4 Å². The highest BCUT2D eigenvalue weighted by atomic mass is 16.6. The van der Waals surface area contributed by atoms with Crippen molar-refractivity contribution >= 4 is 22.8 Å². The zero-order valence-electron chi connectivity index (χ0n) is 20.6. The van der Waals surface area contributed by atoms with Gasteiger partial charge in [-0.3, -0.25) is 14.9 Å². The Morgan fingerprint density at radius 2 is 1.85 bits per heavy atom. The molecular formula is C25H33N7O2. The van der Waals surface area contributed by atoms with Gasteiger partial charge in [-0.05, 0) is 40.7 Å². The van der Waals surface area contributed by atoms with E-state index in [9.17, 15) is 4.79 Å². The second-order valence-electron chi connectivity index (χ2n) is 9.78. The number of para-hydroxylation sites is 1. The van der Waals surface area contributed by atoms with Gasteiger partial charge < -0.3 is 15.0 Å². The van der Waals surface area contributed by atoms with Crippen LogP contribution in [0.25, 0.3) is 22.2 Å². The number of fused-ring (bicyclic) bond motifs is 1. The molecule has 1 atom stereocenters. The van der Waals surface area contributed by atoms with Gasteiger partial charge in [-0.25, -0.2) is 14.8 Å². The average Bonchev–Trinajstić information content (AvgIpc) is 2.79. The Bertz CT molecular complexity index is 1140. The van der Waals surface area contributed by atoms with E-state index in [1.807, 2.05) is 45.9 Å². The van der Waals surface area contributed by atoms with E-state index >= 15 is 0 Å². The molecule has 0 spiro atoms. The van der Waals surface area contributed by atoms with Gasteiger partial charge in [0.1, 0.15) is 17.7 Å². The molecule has 0 radical (unpaired) electrons. The number of carbonyl (C=O) groups is 1. The van der Waals surface area contributed by atoms with Gasteiger partial charge in [0, 0.05) is 55.9 Å². The summed E-state index contributed by atoms with van der Waals surface area (Å²) in [6.45, 7) is 13.5. The minimum Gasteiger partial charge on any atom is -0.444 e. The molecule has 1 aromatic carbocycles. The van der Waals surface area contributed by atoms with Crippen LogP contribution in [0.4, 0.5) is 10.6 Å². The Balaban J connectivity index is 1.40. The number of carbonyl (C=O) groups excluding carboxylic acids is 1. The Kier molecular flexibility index (Phi) is 6.92. The number of anilines is 1. The number of nitrogens with one attached hydrogen (secondary N) is 1. The summed E-state index contributed by atoms with van der Waals surface area (Å²) in [4.78, 5) is 34.4. The molecule has 0 bridgehead atoms. The lowest BCUT2D eigenvalue weighted by atomic mass is 10.1. The number of rotatable bonds is 5. The first kappa shape index (κ1) is 23.8. The number of benzene rings is 1. The molecule has 4 rings (SSSR count). The van der Waals surface area contributed by atoms with Gasteiger partial charge in [-0.15, -0.1) is 0 Å². The third-order valence-corrected chi connectivity index (χ3v) is 5.66. The molecule has 0 aliphatic carbocycles. The second kappa shape index (κ2) is 9.89. The minimum absolute atomic E-state index is 0.161. The number of amides is 1. The van der Waals surface area contributed by atoms with Crippen molar-refractivity contribution in [3.05, 3.63) is 42.6 Å². The third-order valence-electron chi connectivity index (χ3n) is 5.66. The van der Waals surface area contributed by atoms with Crippen LogP contribution in [0.5, 0.6) is 0 Å². The van der Waals surface area contributed by atoms with Crippen molar-refractivity contribution in [3.8, 4) is 11.3 Å². The smallest absolute Gasteiger partial charge is 0.410 e.